The van der Waals surface area contributed by atoms with Crippen molar-refractivity contribution < 1.29 is 63.6 Å². The number of nitrogen functional groups attached to an aromatic ring is 3. The number of rotatable bonds is 15. The van der Waals surface area contributed by atoms with Gasteiger partial charge < -0.3 is 63.8 Å². The van der Waals surface area contributed by atoms with E-state index in [2.05, 4.69) is 0 Å². The van der Waals surface area contributed by atoms with E-state index in [4.69, 9.17) is 38.9 Å². The first-order valence-electron chi connectivity index (χ1n) is 18.3. The Hall–Kier alpha value is -7.71. The lowest BCUT2D eigenvalue weighted by Gasteiger charge is -2.24. The highest BCUT2D eigenvalue weighted by Gasteiger charge is 2.39. The first-order valence-corrected chi connectivity index (χ1v) is 18.3. The van der Waals surface area contributed by atoms with Gasteiger partial charge in [-0.05, 0) is 55.7 Å². The molecule has 0 bridgehead atoms. The first kappa shape index (κ1) is 45.0. The molecule has 3 aliphatic heterocycles. The van der Waals surface area contributed by atoms with Crippen molar-refractivity contribution in [2.24, 2.45) is 11.5 Å². The first-order chi connectivity index (χ1) is 28.2. The van der Waals surface area contributed by atoms with Crippen LogP contribution in [0.25, 0.3) is 0 Å². The molecule has 318 valence electrons. The number of amides is 5. The van der Waals surface area contributed by atoms with Crippen molar-refractivity contribution in [3.8, 4) is 0 Å². The van der Waals surface area contributed by atoms with Gasteiger partial charge in [-0.25, -0.2) is 9.59 Å². The number of carboxylic acid groups (broad SMARTS) is 4. The summed E-state index contributed by atoms with van der Waals surface area (Å²) < 4.78 is 0. The summed E-state index contributed by atoms with van der Waals surface area (Å²) in [6, 6.07) is 11.6. The Bertz CT molecular complexity index is 2000. The monoisotopic (exact) mass is 832 g/mol. The predicted octanol–water partition coefficient (Wildman–Crippen LogP) is 0.429. The van der Waals surface area contributed by atoms with Crippen LogP contribution in [0.15, 0.2) is 54.6 Å². The third-order valence-electron chi connectivity index (χ3n) is 10.1. The molecule has 21 heteroatoms. The minimum atomic E-state index is -1.22. The Kier molecular flexibility index (Phi) is 14.4. The highest BCUT2D eigenvalue weighted by Crippen LogP contribution is 2.32. The fraction of sp³-hybridized carbons (Fsp3) is 0.308. The van der Waals surface area contributed by atoms with Crippen LogP contribution >= 0.6 is 0 Å². The van der Waals surface area contributed by atoms with Crippen molar-refractivity contribution in [1.82, 2.24) is 14.7 Å². The van der Waals surface area contributed by atoms with Crippen molar-refractivity contribution >= 4 is 70.5 Å². The van der Waals surface area contributed by atoms with Gasteiger partial charge in [0.25, 0.3) is 17.7 Å². The summed E-state index contributed by atoms with van der Waals surface area (Å²) >= 11 is 0. The number of fused-ring (bicyclic) bond motifs is 3. The molecule has 3 aromatic rings. The molecule has 14 N–H and O–H groups in total. The van der Waals surface area contributed by atoms with E-state index in [9.17, 15) is 53.4 Å². The largest absolute Gasteiger partial charge is 0.481 e. The number of nitrogens with two attached hydrogens (primary N) is 5. The molecule has 0 spiro atoms. The fourth-order valence-corrected chi connectivity index (χ4v) is 6.97. The number of primary amides is 2. The second-order valence-electron chi connectivity index (χ2n) is 13.9. The lowest BCUT2D eigenvalue weighted by atomic mass is 10.1. The van der Waals surface area contributed by atoms with Gasteiger partial charge in [-0.3, -0.25) is 33.6 Å². The van der Waals surface area contributed by atoms with E-state index in [1.165, 1.54) is 9.80 Å². The highest BCUT2D eigenvalue weighted by atomic mass is 16.4. The highest BCUT2D eigenvalue weighted by molar-refractivity contribution is 6.03. The molecule has 3 aromatic carbocycles. The van der Waals surface area contributed by atoms with Crippen molar-refractivity contribution in [3.05, 3.63) is 88.0 Å². The summed E-state index contributed by atoms with van der Waals surface area (Å²) in [6.45, 7) is 0.405. The lowest BCUT2D eigenvalue weighted by Crippen LogP contribution is -2.45. The van der Waals surface area contributed by atoms with E-state index < -0.39 is 59.7 Å². The molecule has 6 rings (SSSR count). The van der Waals surface area contributed by atoms with Crippen LogP contribution in [-0.2, 0) is 48.4 Å². The molecule has 0 aliphatic carbocycles. The lowest BCUT2D eigenvalue weighted by molar-refractivity contribution is -0.144. The number of carbonyl (C=O) groups is 9. The van der Waals surface area contributed by atoms with Crippen molar-refractivity contribution in [1.29, 1.82) is 0 Å². The molecule has 0 saturated heterocycles. The number of carbonyl (C=O) groups excluding carboxylic acids is 5. The third kappa shape index (κ3) is 10.2. The van der Waals surface area contributed by atoms with Crippen LogP contribution in [-0.4, -0.2) is 107 Å². The van der Waals surface area contributed by atoms with E-state index in [0.717, 1.165) is 4.90 Å². The number of hydrogen-bond donors (Lipinski definition) is 9. The number of nitrogens with zero attached hydrogens (tertiary/aromatic N) is 3. The van der Waals surface area contributed by atoms with Gasteiger partial charge in [0.15, 0.2) is 0 Å². The number of carboxylic acids is 4. The average molecular weight is 833 g/mol. The van der Waals surface area contributed by atoms with Crippen molar-refractivity contribution in [2.75, 3.05) is 17.2 Å². The maximum Gasteiger partial charge on any atom is 0.326 e. The zero-order valence-corrected chi connectivity index (χ0v) is 32.0. The molecule has 0 aromatic heterocycles. The van der Waals surface area contributed by atoms with Crippen LogP contribution < -0.4 is 28.7 Å². The van der Waals surface area contributed by atoms with E-state index in [1.54, 1.807) is 54.6 Å². The standard InChI is InChI=1S/2C13H15N3O4.C13H14N2O5/c14-9-3-1-2-7-8(9)6-16(13(7)20)10(12(15)19)4-5-11(17)18;14-9-3-1-2-7-8(9)6-16(12(7)18)10(13(19)20)4-5-11(15)17;14-9-3-1-2-7-8(9)6-15(12(7)18)10(13(19)20)4-5-11(16)17/h1-3,10H,4-6,14H2,(H2,15,19)(H,17,18);1-3,10H,4-6,14H2,(H2,15,17)(H,19,20);1-3,10H,4-6,14H2,(H,16,17)(H,19,20). The molecule has 3 aliphatic rings. The predicted molar refractivity (Wildman–Crippen MR) is 210 cm³/mol. The SMILES string of the molecule is NC(=O)C(CCC(=O)O)N1Cc2c(N)cccc2C1=O.NC(=O)CCC(C(=O)O)N1Cc2c(N)cccc2C1=O.Nc1cccc2c1CN(C(CCC(=O)O)C(=O)O)C2=O. The Morgan fingerprint density at radius 3 is 1.07 bits per heavy atom. The van der Waals surface area contributed by atoms with Crippen LogP contribution in [0.3, 0.4) is 0 Å². The quantitative estimate of drug-likeness (QED) is 0.0937. The van der Waals surface area contributed by atoms with Gasteiger partial charge in [-0.15, -0.1) is 0 Å². The van der Waals surface area contributed by atoms with Crippen molar-refractivity contribution in [2.45, 2.75) is 76.3 Å². The van der Waals surface area contributed by atoms with Crippen LogP contribution in [0.2, 0.25) is 0 Å². The molecular weight excluding hydrogens is 788 g/mol. The molecule has 0 saturated carbocycles. The van der Waals surface area contributed by atoms with E-state index in [0.29, 0.717) is 50.4 Å². The Morgan fingerprint density at radius 2 is 0.800 bits per heavy atom. The summed E-state index contributed by atoms with van der Waals surface area (Å²) in [7, 11) is 0. The van der Waals surface area contributed by atoms with Gasteiger partial charge in [0.2, 0.25) is 11.8 Å². The summed E-state index contributed by atoms with van der Waals surface area (Å²) in [5.74, 6) is -6.99. The van der Waals surface area contributed by atoms with Gasteiger partial charge in [0.1, 0.15) is 18.1 Å². The van der Waals surface area contributed by atoms with Crippen LogP contribution in [0.4, 0.5) is 17.1 Å². The molecule has 21 nitrogen and oxygen atoms in total. The minimum absolute atomic E-state index is 0.00962. The van der Waals surface area contributed by atoms with Gasteiger partial charge in [-0.2, -0.15) is 0 Å². The smallest absolute Gasteiger partial charge is 0.326 e. The normalized spacial score (nSPS) is 15.0. The topological polar surface area (TPSA) is 374 Å². The molecule has 0 radical (unpaired) electrons. The number of benzene rings is 3. The van der Waals surface area contributed by atoms with Gasteiger partial charge in [-0.1, -0.05) is 18.2 Å². The van der Waals surface area contributed by atoms with Crippen molar-refractivity contribution in [3.63, 3.8) is 0 Å². The zero-order chi connectivity index (χ0) is 44.6. The summed E-state index contributed by atoms with van der Waals surface area (Å²) in [5, 5.41) is 35.8. The van der Waals surface area contributed by atoms with Gasteiger partial charge >= 0.3 is 23.9 Å². The number of aliphatic carboxylic acids is 4. The van der Waals surface area contributed by atoms with Crippen LogP contribution in [0.1, 0.15) is 86.3 Å². The Morgan fingerprint density at radius 1 is 0.500 bits per heavy atom. The average Bonchev–Trinajstić information content (AvgIpc) is 3.81. The summed E-state index contributed by atoms with van der Waals surface area (Å²) in [6.07, 6.45) is -0.790. The molecule has 0 fully saturated rings. The Labute approximate surface area is 341 Å². The molecule has 3 heterocycles. The fourth-order valence-electron chi connectivity index (χ4n) is 6.97. The number of hydrogen-bond acceptors (Lipinski definition) is 12. The molecule has 60 heavy (non-hydrogen) atoms. The summed E-state index contributed by atoms with van der Waals surface area (Å²) in [4.78, 5) is 106. The maximum atomic E-state index is 12.3. The maximum absolute atomic E-state index is 12.3. The zero-order valence-electron chi connectivity index (χ0n) is 32.0. The molecule has 3 atom stereocenters. The van der Waals surface area contributed by atoms with Gasteiger partial charge in [0, 0.05) is 89.3 Å². The molecule has 5 amide bonds. The van der Waals surface area contributed by atoms with Crippen LogP contribution in [0.5, 0.6) is 0 Å². The molecular formula is C39H44N8O13. The Balaban J connectivity index is 0.000000198. The van der Waals surface area contributed by atoms with E-state index in [1.807, 2.05) is 0 Å². The second kappa shape index (κ2) is 19.2. The summed E-state index contributed by atoms with van der Waals surface area (Å²) in [5.41, 5.74) is 32.1. The second-order valence-corrected chi connectivity index (χ2v) is 13.9. The van der Waals surface area contributed by atoms with E-state index in [-0.39, 0.29) is 70.0 Å². The molecule has 3 unspecified atom stereocenters. The third-order valence-corrected chi connectivity index (χ3v) is 10.1. The van der Waals surface area contributed by atoms with E-state index >= 15 is 0 Å². The number of anilines is 3. The van der Waals surface area contributed by atoms with Crippen LogP contribution in [0, 0.1) is 0 Å². The minimum Gasteiger partial charge on any atom is -0.481 e. The van der Waals surface area contributed by atoms with Gasteiger partial charge in [0.05, 0.1) is 0 Å².